The number of aliphatic hydroxyl groups is 3. The van der Waals surface area contributed by atoms with Crippen LogP contribution in [0.4, 0.5) is 0 Å². The second-order valence-electron chi connectivity index (χ2n) is 3.10. The molecule has 0 bridgehead atoms. The van der Waals surface area contributed by atoms with Crippen molar-refractivity contribution in [1.82, 2.24) is 0 Å². The van der Waals surface area contributed by atoms with Gasteiger partial charge in [-0.15, -0.1) is 0 Å². The Hall–Kier alpha value is -0.160. The summed E-state index contributed by atoms with van der Waals surface area (Å²) in [6.07, 6.45) is -0.846. The third-order valence-corrected chi connectivity index (χ3v) is 2.11. The van der Waals surface area contributed by atoms with E-state index in [1.54, 1.807) is 6.92 Å². The van der Waals surface area contributed by atoms with Gasteiger partial charge in [-0.05, 0) is 20.3 Å². The Balaban J connectivity index is 4.61. The van der Waals surface area contributed by atoms with Crippen molar-refractivity contribution >= 4 is 0 Å². The van der Waals surface area contributed by atoms with E-state index in [2.05, 4.69) is 0 Å². The monoisotopic (exact) mass is 163 g/mol. The highest BCUT2D eigenvalue weighted by Crippen LogP contribution is 2.24. The summed E-state index contributed by atoms with van der Waals surface area (Å²) < 4.78 is 0. The van der Waals surface area contributed by atoms with Gasteiger partial charge in [0.05, 0.1) is 6.10 Å². The van der Waals surface area contributed by atoms with Crippen LogP contribution in [0.5, 0.6) is 0 Å². The van der Waals surface area contributed by atoms with E-state index in [-0.39, 0.29) is 6.42 Å². The minimum atomic E-state index is -1.77. The zero-order valence-electron chi connectivity index (χ0n) is 7.20. The third-order valence-electron chi connectivity index (χ3n) is 2.11. The van der Waals surface area contributed by atoms with Gasteiger partial charge in [-0.1, -0.05) is 6.92 Å². The van der Waals surface area contributed by atoms with Crippen LogP contribution in [-0.4, -0.2) is 32.7 Å². The lowest BCUT2D eigenvalue weighted by Crippen LogP contribution is -2.63. The SMILES string of the molecule is CCC(O)(C(C)O)[C@@](C)(N)O. The molecule has 0 rings (SSSR count). The van der Waals surface area contributed by atoms with Crippen LogP contribution in [0.2, 0.25) is 0 Å². The quantitative estimate of drug-likeness (QED) is 0.409. The van der Waals surface area contributed by atoms with Crippen LogP contribution in [0, 0.1) is 0 Å². The summed E-state index contributed by atoms with van der Waals surface area (Å²) in [5, 5.41) is 28.0. The van der Waals surface area contributed by atoms with Gasteiger partial charge in [0.1, 0.15) is 11.3 Å². The third kappa shape index (κ3) is 1.90. The van der Waals surface area contributed by atoms with E-state index in [0.29, 0.717) is 0 Å². The number of rotatable bonds is 3. The summed E-state index contributed by atoms with van der Waals surface area (Å²) in [5.41, 5.74) is 1.87. The Labute approximate surface area is 66.7 Å². The standard InChI is InChI=1S/C7H17NO3/c1-4-7(11,5(2)9)6(3,8)10/h5,9-11H,4,8H2,1-3H3/t5?,6-,7?/m0/s1. The van der Waals surface area contributed by atoms with E-state index in [9.17, 15) is 10.2 Å². The first-order valence-corrected chi connectivity index (χ1v) is 3.67. The smallest absolute Gasteiger partial charge is 0.142 e. The van der Waals surface area contributed by atoms with Gasteiger partial charge in [-0.3, -0.25) is 0 Å². The summed E-state index contributed by atoms with van der Waals surface area (Å²) in [7, 11) is 0. The van der Waals surface area contributed by atoms with Crippen LogP contribution in [0.15, 0.2) is 0 Å². The Morgan fingerprint density at radius 1 is 1.45 bits per heavy atom. The molecule has 3 atom stereocenters. The van der Waals surface area contributed by atoms with Gasteiger partial charge >= 0.3 is 0 Å². The second-order valence-corrected chi connectivity index (χ2v) is 3.10. The highest BCUT2D eigenvalue weighted by molar-refractivity contribution is 4.95. The maximum Gasteiger partial charge on any atom is 0.142 e. The molecule has 68 valence electrons. The normalized spacial score (nSPS) is 25.4. The van der Waals surface area contributed by atoms with E-state index in [4.69, 9.17) is 10.8 Å². The molecule has 0 aliphatic rings. The van der Waals surface area contributed by atoms with Crippen molar-refractivity contribution in [2.24, 2.45) is 5.73 Å². The number of nitrogens with two attached hydrogens (primary N) is 1. The minimum Gasteiger partial charge on any atom is -0.390 e. The fourth-order valence-electron chi connectivity index (χ4n) is 1.08. The number of hydrogen-bond donors (Lipinski definition) is 4. The van der Waals surface area contributed by atoms with Crippen molar-refractivity contribution in [3.8, 4) is 0 Å². The molecule has 0 fully saturated rings. The van der Waals surface area contributed by atoms with E-state index in [1.165, 1.54) is 13.8 Å². The van der Waals surface area contributed by atoms with Gasteiger partial charge in [0.25, 0.3) is 0 Å². The van der Waals surface area contributed by atoms with E-state index < -0.39 is 17.4 Å². The largest absolute Gasteiger partial charge is 0.390 e. The average Bonchev–Trinajstić information content (AvgIpc) is 1.83. The molecule has 11 heavy (non-hydrogen) atoms. The van der Waals surface area contributed by atoms with Gasteiger partial charge in [0.2, 0.25) is 0 Å². The van der Waals surface area contributed by atoms with Crippen molar-refractivity contribution in [3.63, 3.8) is 0 Å². The number of hydrogen-bond acceptors (Lipinski definition) is 4. The van der Waals surface area contributed by atoms with Crippen LogP contribution in [0.3, 0.4) is 0 Å². The highest BCUT2D eigenvalue weighted by atomic mass is 16.4. The first-order chi connectivity index (χ1) is 4.75. The van der Waals surface area contributed by atoms with Crippen LogP contribution in [-0.2, 0) is 0 Å². The Kier molecular flexibility index (Phi) is 3.02. The van der Waals surface area contributed by atoms with Gasteiger partial charge in [0, 0.05) is 0 Å². The van der Waals surface area contributed by atoms with E-state index in [1.807, 2.05) is 0 Å². The topological polar surface area (TPSA) is 86.7 Å². The van der Waals surface area contributed by atoms with Crippen LogP contribution in [0.25, 0.3) is 0 Å². The zero-order chi connectivity index (χ0) is 9.28. The molecule has 4 nitrogen and oxygen atoms in total. The molecule has 0 saturated carbocycles. The molecule has 0 saturated heterocycles. The molecular formula is C7H17NO3. The van der Waals surface area contributed by atoms with Crippen LogP contribution >= 0.6 is 0 Å². The van der Waals surface area contributed by atoms with Gasteiger partial charge in [-0.25, -0.2) is 0 Å². The summed E-state index contributed by atoms with van der Waals surface area (Å²) in [6.45, 7) is 4.31. The first kappa shape index (κ1) is 10.8. The summed E-state index contributed by atoms with van der Waals surface area (Å²) in [6, 6.07) is 0. The van der Waals surface area contributed by atoms with Gasteiger partial charge in [-0.2, -0.15) is 0 Å². The molecule has 5 N–H and O–H groups in total. The fourth-order valence-corrected chi connectivity index (χ4v) is 1.08. The van der Waals surface area contributed by atoms with Crippen molar-refractivity contribution in [3.05, 3.63) is 0 Å². The molecule has 0 amide bonds. The molecule has 0 aromatic rings. The lowest BCUT2D eigenvalue weighted by atomic mass is 9.85. The summed E-state index contributed by atoms with van der Waals surface area (Å²) >= 11 is 0. The molecule has 2 unspecified atom stereocenters. The Morgan fingerprint density at radius 2 is 1.82 bits per heavy atom. The van der Waals surface area contributed by atoms with Crippen LogP contribution in [0.1, 0.15) is 27.2 Å². The second kappa shape index (κ2) is 3.06. The van der Waals surface area contributed by atoms with Gasteiger partial charge in [0.15, 0.2) is 0 Å². The van der Waals surface area contributed by atoms with Crippen molar-refractivity contribution in [2.75, 3.05) is 0 Å². The molecule has 0 aliphatic heterocycles. The molecular weight excluding hydrogens is 146 g/mol. The number of aliphatic hydroxyl groups excluding tert-OH is 1. The molecule has 0 spiro atoms. The van der Waals surface area contributed by atoms with Gasteiger partial charge < -0.3 is 21.1 Å². The van der Waals surface area contributed by atoms with Crippen molar-refractivity contribution < 1.29 is 15.3 Å². The maximum absolute atomic E-state index is 9.61. The lowest BCUT2D eigenvalue weighted by molar-refractivity contribution is -0.189. The Morgan fingerprint density at radius 3 is 1.82 bits per heavy atom. The maximum atomic E-state index is 9.61. The summed E-state index contributed by atoms with van der Waals surface area (Å²) in [5.74, 6) is 0. The summed E-state index contributed by atoms with van der Waals surface area (Å²) in [4.78, 5) is 0. The van der Waals surface area contributed by atoms with Crippen LogP contribution < -0.4 is 5.73 Å². The molecule has 0 aliphatic carbocycles. The predicted molar refractivity (Wildman–Crippen MR) is 41.7 cm³/mol. The van der Waals surface area contributed by atoms with Crippen molar-refractivity contribution in [2.45, 2.75) is 44.6 Å². The zero-order valence-corrected chi connectivity index (χ0v) is 7.20. The predicted octanol–water partition coefficient (Wildman–Crippen LogP) is -0.825. The molecule has 0 heterocycles. The average molecular weight is 163 g/mol. The molecule has 0 radical (unpaired) electrons. The highest BCUT2D eigenvalue weighted by Gasteiger charge is 2.45. The first-order valence-electron chi connectivity index (χ1n) is 3.67. The molecule has 4 heteroatoms. The molecule has 0 aromatic heterocycles. The molecule has 0 aromatic carbocycles. The fraction of sp³-hybridized carbons (Fsp3) is 1.00. The van der Waals surface area contributed by atoms with Crippen molar-refractivity contribution in [1.29, 1.82) is 0 Å². The van der Waals surface area contributed by atoms with E-state index >= 15 is 0 Å². The Bertz CT molecular complexity index is 130. The van der Waals surface area contributed by atoms with E-state index in [0.717, 1.165) is 0 Å². The minimum absolute atomic E-state index is 0.203. The lowest BCUT2D eigenvalue weighted by Gasteiger charge is -2.39.